The molecule has 1 fully saturated rings. The highest BCUT2D eigenvalue weighted by atomic mass is 15.1. The largest absolute Gasteiger partial charge is 0.341 e. The summed E-state index contributed by atoms with van der Waals surface area (Å²) in [6.45, 7) is 20.9. The minimum Gasteiger partial charge on any atom is -0.341 e. The fourth-order valence-electron chi connectivity index (χ4n) is 4.79. The van der Waals surface area contributed by atoms with Crippen LogP contribution in [0.4, 0.5) is 0 Å². The van der Waals surface area contributed by atoms with Gasteiger partial charge in [0.1, 0.15) is 0 Å². The Morgan fingerprint density at radius 1 is 1.19 bits per heavy atom. The Balaban J connectivity index is 2.62. The van der Waals surface area contributed by atoms with Crippen LogP contribution < -0.4 is 0 Å². The molecule has 0 bridgehead atoms. The molecule has 0 aromatic carbocycles. The lowest BCUT2D eigenvalue weighted by molar-refractivity contribution is 0.388. The van der Waals surface area contributed by atoms with Crippen LogP contribution in [-0.2, 0) is 0 Å². The molecule has 1 aliphatic carbocycles. The number of allylic oxidation sites excluding steroid dienone is 5. The van der Waals surface area contributed by atoms with Gasteiger partial charge in [0.15, 0.2) is 0 Å². The SMILES string of the molecule is C/C=C\C1=CC2(C=C=C(C(/C(C)=C(/C)C(C)CC)C(C)C)N1C)C(C)C2C. The molecule has 2 aliphatic rings. The molecule has 1 spiro atoms. The van der Waals surface area contributed by atoms with Crippen molar-refractivity contribution in [2.24, 2.45) is 35.0 Å². The van der Waals surface area contributed by atoms with E-state index in [1.807, 2.05) is 0 Å². The Bertz CT molecular complexity index is 700. The number of hydrogen-bond acceptors (Lipinski definition) is 1. The molecule has 1 heterocycles. The van der Waals surface area contributed by atoms with Gasteiger partial charge in [0.05, 0.1) is 5.70 Å². The molecule has 27 heavy (non-hydrogen) atoms. The van der Waals surface area contributed by atoms with E-state index in [4.69, 9.17) is 0 Å². The minimum atomic E-state index is 0.176. The van der Waals surface area contributed by atoms with Gasteiger partial charge in [-0.15, -0.1) is 5.73 Å². The van der Waals surface area contributed by atoms with Crippen molar-refractivity contribution < 1.29 is 0 Å². The monoisotopic (exact) mass is 367 g/mol. The van der Waals surface area contributed by atoms with Crippen molar-refractivity contribution in [1.29, 1.82) is 0 Å². The maximum atomic E-state index is 3.80. The predicted molar refractivity (Wildman–Crippen MR) is 119 cm³/mol. The topological polar surface area (TPSA) is 3.24 Å². The lowest BCUT2D eigenvalue weighted by Crippen LogP contribution is -2.26. The molecule has 0 aromatic heterocycles. The first-order valence-electron chi connectivity index (χ1n) is 10.9. The Hall–Kier alpha value is -1.46. The van der Waals surface area contributed by atoms with Crippen molar-refractivity contribution >= 4 is 0 Å². The van der Waals surface area contributed by atoms with E-state index in [1.165, 1.54) is 23.4 Å². The van der Waals surface area contributed by atoms with E-state index in [0.717, 1.165) is 0 Å². The summed E-state index contributed by atoms with van der Waals surface area (Å²) in [5.74, 6) is 2.95. The summed E-state index contributed by atoms with van der Waals surface area (Å²) in [6, 6.07) is 0. The molecule has 1 nitrogen and oxygen atoms in total. The van der Waals surface area contributed by atoms with Crippen molar-refractivity contribution in [1.82, 2.24) is 4.90 Å². The molecule has 0 aromatic rings. The third kappa shape index (κ3) is 3.90. The van der Waals surface area contributed by atoms with Gasteiger partial charge in [0.25, 0.3) is 0 Å². The average Bonchev–Trinajstić information content (AvgIpc) is 3.18. The molecule has 0 N–H and O–H groups in total. The fourth-order valence-corrected chi connectivity index (χ4v) is 4.79. The van der Waals surface area contributed by atoms with Gasteiger partial charge in [-0.2, -0.15) is 0 Å². The van der Waals surface area contributed by atoms with E-state index in [2.05, 4.69) is 104 Å². The van der Waals surface area contributed by atoms with Crippen LogP contribution in [0.2, 0.25) is 0 Å². The van der Waals surface area contributed by atoms with Crippen LogP contribution in [0.3, 0.4) is 0 Å². The summed E-state index contributed by atoms with van der Waals surface area (Å²) in [6.07, 6.45) is 10.5. The molecule has 0 saturated heterocycles. The van der Waals surface area contributed by atoms with E-state index in [-0.39, 0.29) is 5.41 Å². The second kappa shape index (κ2) is 8.27. The van der Waals surface area contributed by atoms with Gasteiger partial charge < -0.3 is 4.90 Å². The zero-order valence-electron chi connectivity index (χ0n) is 19.4. The summed E-state index contributed by atoms with van der Waals surface area (Å²) in [7, 11) is 2.22. The summed E-state index contributed by atoms with van der Waals surface area (Å²) in [5, 5.41) is 0. The second-order valence-electron chi connectivity index (χ2n) is 9.28. The lowest BCUT2D eigenvalue weighted by atomic mass is 9.80. The summed E-state index contributed by atoms with van der Waals surface area (Å²) in [5.41, 5.74) is 9.68. The van der Waals surface area contributed by atoms with E-state index in [1.54, 1.807) is 5.57 Å². The lowest BCUT2D eigenvalue weighted by Gasteiger charge is -2.33. The van der Waals surface area contributed by atoms with E-state index < -0.39 is 0 Å². The summed E-state index contributed by atoms with van der Waals surface area (Å²) < 4.78 is 0. The first kappa shape index (κ1) is 21.8. The zero-order chi connectivity index (χ0) is 20.5. The van der Waals surface area contributed by atoms with Crippen LogP contribution in [0.15, 0.2) is 52.6 Å². The van der Waals surface area contributed by atoms with Crippen LogP contribution in [0.1, 0.15) is 68.7 Å². The van der Waals surface area contributed by atoms with Crippen LogP contribution in [0.25, 0.3) is 0 Å². The molecule has 2 rings (SSSR count). The van der Waals surface area contributed by atoms with Gasteiger partial charge in [0, 0.05) is 24.1 Å². The van der Waals surface area contributed by atoms with Crippen molar-refractivity contribution in [3.05, 3.63) is 52.6 Å². The van der Waals surface area contributed by atoms with Crippen molar-refractivity contribution in [2.75, 3.05) is 7.05 Å². The Labute approximate surface area is 168 Å². The Morgan fingerprint density at radius 2 is 1.78 bits per heavy atom. The molecular weight excluding hydrogens is 326 g/mol. The van der Waals surface area contributed by atoms with Crippen LogP contribution in [-0.4, -0.2) is 11.9 Å². The van der Waals surface area contributed by atoms with E-state index in [0.29, 0.717) is 29.6 Å². The number of rotatable bonds is 6. The molecule has 0 radical (unpaired) electrons. The highest BCUT2D eigenvalue weighted by Crippen LogP contribution is 2.61. The van der Waals surface area contributed by atoms with Gasteiger partial charge in [-0.1, -0.05) is 58.8 Å². The average molecular weight is 368 g/mol. The molecule has 1 heteroatoms. The van der Waals surface area contributed by atoms with Gasteiger partial charge >= 0.3 is 0 Å². The maximum absolute atomic E-state index is 3.80. The third-order valence-corrected chi connectivity index (χ3v) is 7.57. The molecule has 0 amide bonds. The zero-order valence-corrected chi connectivity index (χ0v) is 19.4. The van der Waals surface area contributed by atoms with Gasteiger partial charge in [-0.3, -0.25) is 0 Å². The Morgan fingerprint density at radius 3 is 2.22 bits per heavy atom. The van der Waals surface area contributed by atoms with Crippen LogP contribution >= 0.6 is 0 Å². The number of likely N-dealkylation sites (N-methyl/N-ethyl adjacent to an activating group) is 1. The van der Waals surface area contributed by atoms with Gasteiger partial charge in [0.2, 0.25) is 0 Å². The molecule has 4 unspecified atom stereocenters. The highest BCUT2D eigenvalue weighted by molar-refractivity contribution is 5.39. The van der Waals surface area contributed by atoms with Gasteiger partial charge in [-0.05, 0) is 69.1 Å². The first-order chi connectivity index (χ1) is 12.6. The van der Waals surface area contributed by atoms with Crippen molar-refractivity contribution in [3.63, 3.8) is 0 Å². The first-order valence-corrected chi connectivity index (χ1v) is 10.9. The standard InChI is InChI=1S/C26H41N/c1-11-13-23-16-26(21(8)22(26)9)15-14-24(27(23)10)25(17(3)4)20(7)19(6)18(5)12-2/h11,13,15-18,21-22,25H,12H2,1-10H3/b13-11-,20-19-. The fraction of sp³-hybridized carbons (Fsp3) is 0.654. The number of nitrogens with zero attached hydrogens (tertiary/aromatic N) is 1. The molecule has 1 aliphatic heterocycles. The minimum absolute atomic E-state index is 0.176. The maximum Gasteiger partial charge on any atom is 0.0678 e. The highest BCUT2D eigenvalue weighted by Gasteiger charge is 2.56. The predicted octanol–water partition coefficient (Wildman–Crippen LogP) is 7.36. The Kier molecular flexibility index (Phi) is 6.69. The molecular formula is C26H41N. The smallest absolute Gasteiger partial charge is 0.0678 e. The van der Waals surface area contributed by atoms with Gasteiger partial charge in [-0.25, -0.2) is 0 Å². The molecule has 150 valence electrons. The third-order valence-electron chi connectivity index (χ3n) is 7.57. The molecule has 4 atom stereocenters. The van der Waals surface area contributed by atoms with E-state index in [9.17, 15) is 0 Å². The van der Waals surface area contributed by atoms with Crippen molar-refractivity contribution in [2.45, 2.75) is 68.7 Å². The van der Waals surface area contributed by atoms with Crippen LogP contribution in [0, 0.1) is 35.0 Å². The quantitative estimate of drug-likeness (QED) is 0.350. The van der Waals surface area contributed by atoms with Crippen LogP contribution in [0.5, 0.6) is 0 Å². The van der Waals surface area contributed by atoms with E-state index >= 15 is 0 Å². The normalized spacial score (nSPS) is 31.0. The summed E-state index contributed by atoms with van der Waals surface area (Å²) in [4.78, 5) is 2.39. The second-order valence-corrected chi connectivity index (χ2v) is 9.28. The van der Waals surface area contributed by atoms with Crippen molar-refractivity contribution in [3.8, 4) is 0 Å². The summed E-state index contributed by atoms with van der Waals surface area (Å²) >= 11 is 0. The number of hydrogen-bond donors (Lipinski definition) is 0. The molecule has 1 saturated carbocycles.